The molecular formula is C21H23N3O6S. The molecule has 31 heavy (non-hydrogen) atoms. The number of amides is 1. The van der Waals surface area contributed by atoms with Gasteiger partial charge in [0.1, 0.15) is 17.6 Å². The lowest BCUT2D eigenvalue weighted by Gasteiger charge is -2.19. The summed E-state index contributed by atoms with van der Waals surface area (Å²) in [5, 5.41) is 0. The van der Waals surface area contributed by atoms with Crippen LogP contribution < -0.4 is 9.46 Å². The number of sulfonamides is 1. The van der Waals surface area contributed by atoms with Gasteiger partial charge in [0.15, 0.2) is 6.61 Å². The predicted molar refractivity (Wildman–Crippen MR) is 113 cm³/mol. The zero-order valence-electron chi connectivity index (χ0n) is 17.4. The zero-order chi connectivity index (χ0) is 22.6. The molecular weight excluding hydrogens is 422 g/mol. The van der Waals surface area contributed by atoms with Gasteiger partial charge in [0, 0.05) is 24.7 Å². The minimum absolute atomic E-state index is 0.0691. The van der Waals surface area contributed by atoms with Crippen molar-refractivity contribution in [1.82, 2.24) is 9.62 Å². The second-order valence-electron chi connectivity index (χ2n) is 6.92. The number of fused-ring (bicyclic) bond motifs is 1. The number of esters is 1. The topological polar surface area (TPSA) is 114 Å². The van der Waals surface area contributed by atoms with Crippen molar-refractivity contribution in [3.05, 3.63) is 59.7 Å². The smallest absolute Gasteiger partial charge is 0.331 e. The van der Waals surface area contributed by atoms with Gasteiger partial charge in [-0.3, -0.25) is 14.5 Å². The number of nitrogens with zero attached hydrogens (tertiary/aromatic N) is 2. The summed E-state index contributed by atoms with van der Waals surface area (Å²) in [6.07, 6.45) is 0. The molecule has 10 heteroatoms. The van der Waals surface area contributed by atoms with Crippen LogP contribution in [0.3, 0.4) is 0 Å². The third-order valence-corrected chi connectivity index (χ3v) is 6.09. The first-order valence-corrected chi connectivity index (χ1v) is 10.9. The Bertz CT molecular complexity index is 1130. The molecule has 1 atom stereocenters. The number of hydrogen-bond acceptors (Lipinski definition) is 7. The van der Waals surface area contributed by atoms with Gasteiger partial charge in [-0.15, -0.1) is 0 Å². The van der Waals surface area contributed by atoms with Crippen LogP contribution in [0, 0.1) is 0 Å². The van der Waals surface area contributed by atoms with E-state index in [-0.39, 0.29) is 17.3 Å². The summed E-state index contributed by atoms with van der Waals surface area (Å²) in [6.45, 7) is 1.30. The Labute approximate surface area is 180 Å². The lowest BCUT2D eigenvalue weighted by molar-refractivity contribution is -0.152. The number of methoxy groups -OCH3 is 1. The highest BCUT2D eigenvalue weighted by Crippen LogP contribution is 2.22. The zero-order valence-corrected chi connectivity index (χ0v) is 18.2. The van der Waals surface area contributed by atoms with Crippen molar-refractivity contribution in [3.8, 4) is 5.75 Å². The molecule has 0 saturated heterocycles. The highest BCUT2D eigenvalue weighted by molar-refractivity contribution is 7.90. The molecule has 0 spiro atoms. The van der Waals surface area contributed by atoms with Crippen LogP contribution in [-0.2, 0) is 30.9 Å². The molecule has 0 radical (unpaired) electrons. The first kappa shape index (κ1) is 22.3. The highest BCUT2D eigenvalue weighted by atomic mass is 32.2. The van der Waals surface area contributed by atoms with Crippen LogP contribution in [0.4, 0.5) is 0 Å². The highest BCUT2D eigenvalue weighted by Gasteiger charge is 2.31. The molecule has 1 amide bonds. The van der Waals surface area contributed by atoms with Crippen molar-refractivity contribution in [3.63, 3.8) is 0 Å². The number of aliphatic imine (C=N–C) groups is 1. The van der Waals surface area contributed by atoms with Crippen molar-refractivity contribution in [2.75, 3.05) is 20.8 Å². The van der Waals surface area contributed by atoms with Crippen LogP contribution in [0.25, 0.3) is 0 Å². The number of carbonyl (C=O) groups excluding carboxylic acids is 2. The number of rotatable bonds is 7. The fraction of sp³-hybridized carbons (Fsp3) is 0.286. The number of amidine groups is 1. The number of para-hydroxylation sites is 1. The molecule has 1 aliphatic rings. The summed E-state index contributed by atoms with van der Waals surface area (Å²) in [4.78, 5) is 30.3. The quantitative estimate of drug-likeness (QED) is 0.643. The monoisotopic (exact) mass is 445 g/mol. The number of ether oxygens (including phenoxy) is 2. The van der Waals surface area contributed by atoms with Crippen LogP contribution in [-0.4, -0.2) is 57.8 Å². The van der Waals surface area contributed by atoms with Gasteiger partial charge >= 0.3 is 5.97 Å². The van der Waals surface area contributed by atoms with E-state index in [0.29, 0.717) is 11.3 Å². The molecule has 0 bridgehead atoms. The van der Waals surface area contributed by atoms with Gasteiger partial charge in [-0.1, -0.05) is 30.3 Å². The van der Waals surface area contributed by atoms with E-state index in [2.05, 4.69) is 9.71 Å². The fourth-order valence-corrected chi connectivity index (χ4v) is 4.26. The predicted octanol–water partition coefficient (Wildman–Crippen LogP) is 1.32. The summed E-state index contributed by atoms with van der Waals surface area (Å²) >= 11 is 0. The maximum Gasteiger partial charge on any atom is 0.331 e. The van der Waals surface area contributed by atoms with E-state index < -0.39 is 34.5 Å². The molecule has 0 aliphatic carbocycles. The van der Waals surface area contributed by atoms with Gasteiger partial charge in [-0.2, -0.15) is 0 Å². The average Bonchev–Trinajstić information content (AvgIpc) is 3.02. The first-order valence-electron chi connectivity index (χ1n) is 9.45. The Kier molecular flexibility index (Phi) is 6.59. The summed E-state index contributed by atoms with van der Waals surface area (Å²) in [5.41, 5.74) is 1.20. The van der Waals surface area contributed by atoms with Gasteiger partial charge in [0.05, 0.1) is 12.0 Å². The Hall–Kier alpha value is -3.40. The van der Waals surface area contributed by atoms with Crippen LogP contribution in [0.15, 0.2) is 58.4 Å². The number of carbonyl (C=O) groups is 2. The van der Waals surface area contributed by atoms with E-state index in [1.807, 2.05) is 18.2 Å². The third-order valence-electron chi connectivity index (χ3n) is 4.69. The molecule has 2 aromatic rings. The molecule has 2 aromatic carbocycles. The lowest BCUT2D eigenvalue weighted by atomic mass is 10.2. The Morgan fingerprint density at radius 1 is 1.13 bits per heavy atom. The Morgan fingerprint density at radius 3 is 2.55 bits per heavy atom. The second-order valence-corrected chi connectivity index (χ2v) is 8.58. The van der Waals surface area contributed by atoms with Gasteiger partial charge in [0.25, 0.3) is 15.9 Å². The minimum Gasteiger partial charge on any atom is -0.496 e. The van der Waals surface area contributed by atoms with Crippen molar-refractivity contribution in [2.45, 2.75) is 24.4 Å². The number of benzene rings is 2. The summed E-state index contributed by atoms with van der Waals surface area (Å²) < 4.78 is 37.0. The molecule has 0 unspecified atom stereocenters. The fourth-order valence-electron chi connectivity index (χ4n) is 3.02. The first-order chi connectivity index (χ1) is 14.7. The molecule has 164 valence electrons. The molecule has 3 rings (SSSR count). The molecule has 1 aliphatic heterocycles. The van der Waals surface area contributed by atoms with Crippen LogP contribution in [0.2, 0.25) is 0 Å². The maximum absolute atomic E-state index is 12.3. The van der Waals surface area contributed by atoms with E-state index in [4.69, 9.17) is 9.47 Å². The van der Waals surface area contributed by atoms with Crippen molar-refractivity contribution >= 4 is 27.7 Å². The largest absolute Gasteiger partial charge is 0.496 e. The van der Waals surface area contributed by atoms with Crippen LogP contribution >= 0.6 is 0 Å². The second kappa shape index (κ2) is 9.17. The van der Waals surface area contributed by atoms with Crippen molar-refractivity contribution < 1.29 is 27.5 Å². The molecule has 9 nitrogen and oxygen atoms in total. The van der Waals surface area contributed by atoms with Gasteiger partial charge < -0.3 is 14.4 Å². The van der Waals surface area contributed by atoms with E-state index in [9.17, 15) is 18.0 Å². The minimum atomic E-state index is -3.70. The third kappa shape index (κ3) is 5.02. The van der Waals surface area contributed by atoms with Crippen molar-refractivity contribution in [2.24, 2.45) is 4.99 Å². The number of hydrogen-bond donors (Lipinski definition) is 1. The summed E-state index contributed by atoms with van der Waals surface area (Å²) in [7, 11) is -0.559. The van der Waals surface area contributed by atoms with E-state index in [1.165, 1.54) is 17.9 Å². The molecule has 0 aromatic heterocycles. The molecule has 0 fully saturated rings. The standard InChI is InChI=1S/C21H23N3O6S/c1-14(22-20-16-9-5-7-11-18(16)31(27,28)23-20)21(26)30-13-19(25)24(2)12-15-8-4-6-10-17(15)29-3/h4-11,14H,12-13H2,1-3H3,(H,22,23)/t14-/m0/s1. The lowest BCUT2D eigenvalue weighted by Crippen LogP contribution is -2.33. The normalized spacial score (nSPS) is 16.2. The van der Waals surface area contributed by atoms with Crippen molar-refractivity contribution in [1.29, 1.82) is 0 Å². The molecule has 1 heterocycles. The van der Waals surface area contributed by atoms with Crippen LogP contribution in [0.5, 0.6) is 5.75 Å². The Morgan fingerprint density at radius 2 is 1.81 bits per heavy atom. The number of nitrogens with one attached hydrogen (secondary N) is 1. The number of likely N-dealkylation sites (N-methyl/N-ethyl adjacent to an activating group) is 1. The van der Waals surface area contributed by atoms with Gasteiger partial charge in [0.2, 0.25) is 0 Å². The van der Waals surface area contributed by atoms with Crippen LogP contribution in [0.1, 0.15) is 18.1 Å². The van der Waals surface area contributed by atoms with Gasteiger partial charge in [-0.25, -0.2) is 13.2 Å². The van der Waals surface area contributed by atoms with E-state index in [1.54, 1.807) is 38.4 Å². The van der Waals surface area contributed by atoms with Gasteiger partial charge in [-0.05, 0) is 25.1 Å². The summed E-state index contributed by atoms with van der Waals surface area (Å²) in [5.74, 6) is -0.413. The summed E-state index contributed by atoms with van der Waals surface area (Å²) in [6, 6.07) is 12.6. The van der Waals surface area contributed by atoms with E-state index in [0.717, 1.165) is 5.56 Å². The SMILES string of the molecule is COc1ccccc1CN(C)C(=O)COC(=O)[C@H](C)N=C1NS(=O)(=O)c2ccccc21. The maximum atomic E-state index is 12.3. The van der Waals surface area contributed by atoms with E-state index >= 15 is 0 Å². The molecule has 1 N–H and O–H groups in total. The average molecular weight is 445 g/mol. The molecule has 0 saturated carbocycles. The Balaban J connectivity index is 1.59.